The Labute approximate surface area is 245 Å². The molecule has 2 amide bonds. The minimum absolute atomic E-state index is 0. The number of rotatable bonds is 10. The number of H-pyrrole nitrogens is 2. The first-order valence-corrected chi connectivity index (χ1v) is 11.0. The molecule has 0 aliphatic rings. The molecule has 0 aliphatic heterocycles. The molecule has 2 rings (SSSR count). The zero-order valence-corrected chi connectivity index (χ0v) is 24.6. The van der Waals surface area contributed by atoms with E-state index in [0.29, 0.717) is 24.5 Å². The number of nitrogens with zero attached hydrogens (tertiary/aromatic N) is 4. The van der Waals surface area contributed by atoms with E-state index in [0.717, 1.165) is 25.7 Å². The van der Waals surface area contributed by atoms with Crippen LogP contribution in [0.3, 0.4) is 0 Å². The number of carbonyl (C=O) groups excluding carboxylic acids is 4. The minimum Gasteiger partial charge on any atom is -0.543 e. The summed E-state index contributed by atoms with van der Waals surface area (Å²) in [5, 5.41) is 38.2. The molecule has 0 atom stereocenters. The fourth-order valence-electron chi connectivity index (χ4n) is 2.16. The number of carboxylic acids is 4. The maximum absolute atomic E-state index is 10.6. The number of aromatic carboxylic acids is 4. The SMILES string of the molecule is CCCc1nc(C(=O)[O-])c(C(=O)O)[nH]1.CCCc1nc(C(=O)[O-])c(C(=O)O)[nH]1.CN(C)C=O.CN(C)C=O.[Mn+2].[OH3+].[OH3+]. The summed E-state index contributed by atoms with van der Waals surface area (Å²) < 4.78 is 0. The van der Waals surface area contributed by atoms with E-state index in [-0.39, 0.29) is 28.0 Å². The summed E-state index contributed by atoms with van der Waals surface area (Å²) in [7, 11) is 6.75. The van der Waals surface area contributed by atoms with Gasteiger partial charge in [-0.3, -0.25) is 9.59 Å². The van der Waals surface area contributed by atoms with E-state index in [2.05, 4.69) is 19.9 Å². The van der Waals surface area contributed by atoms with Crippen LogP contribution < -0.4 is 10.2 Å². The maximum Gasteiger partial charge on any atom is 2.00 e. The molecule has 2 heterocycles. The normalized spacial score (nSPS) is 8.54. The number of carboxylic acid groups (broad SMARTS) is 4. The Morgan fingerprint density at radius 3 is 1.10 bits per heavy atom. The van der Waals surface area contributed by atoms with E-state index >= 15 is 0 Å². The Bertz CT molecular complexity index is 938. The van der Waals surface area contributed by atoms with E-state index in [4.69, 9.17) is 10.2 Å². The molecule has 2 aromatic heterocycles. The second kappa shape index (κ2) is 24.7. The van der Waals surface area contributed by atoms with Gasteiger partial charge in [-0.25, -0.2) is 19.6 Å². The monoisotopic (exact) mass is 633 g/mol. The van der Waals surface area contributed by atoms with E-state index in [1.807, 2.05) is 13.8 Å². The molecule has 0 saturated heterocycles. The van der Waals surface area contributed by atoms with Crippen molar-refractivity contribution in [2.75, 3.05) is 28.2 Å². The average molecular weight is 634 g/mol. The van der Waals surface area contributed by atoms with Crippen molar-refractivity contribution in [3.8, 4) is 0 Å². The van der Waals surface area contributed by atoms with Gasteiger partial charge < -0.3 is 60.7 Å². The Morgan fingerprint density at radius 1 is 0.732 bits per heavy atom. The van der Waals surface area contributed by atoms with Crippen molar-refractivity contribution in [3.63, 3.8) is 0 Å². The van der Waals surface area contributed by atoms with Crippen LogP contribution in [0.4, 0.5) is 0 Å². The predicted molar refractivity (Wildman–Crippen MR) is 137 cm³/mol. The Morgan fingerprint density at radius 2 is 0.976 bits per heavy atom. The van der Waals surface area contributed by atoms with Crippen LogP contribution >= 0.6 is 0 Å². The number of hydrogen-bond acceptors (Lipinski definition) is 10. The van der Waals surface area contributed by atoms with Crippen LogP contribution in [0.25, 0.3) is 0 Å². The van der Waals surface area contributed by atoms with Crippen molar-refractivity contribution >= 4 is 36.7 Å². The van der Waals surface area contributed by atoms with Crippen molar-refractivity contribution in [3.05, 3.63) is 34.4 Å². The molecular weight excluding hydrogens is 595 g/mol. The van der Waals surface area contributed by atoms with Crippen LogP contribution in [0.15, 0.2) is 0 Å². The van der Waals surface area contributed by atoms with Crippen molar-refractivity contribution in [2.24, 2.45) is 0 Å². The third kappa shape index (κ3) is 19.4. The Hall–Kier alpha value is -4.32. The molecule has 0 unspecified atom stereocenters. The fourth-order valence-corrected chi connectivity index (χ4v) is 2.16. The standard InChI is InChI=1S/2C8H10N2O4.2C3H7NO.Mn.2H2O/c2*1-2-3-4-9-5(7(11)12)6(10-4)8(13)14;2*1-4(2)3-5;;;/h2*2-3H2,1H3,(H,9,10)(H,11,12)(H,13,14);2*3H,1-2H3;;2*1H2/q;;;;+2;;. The summed E-state index contributed by atoms with van der Waals surface area (Å²) >= 11 is 0. The van der Waals surface area contributed by atoms with Gasteiger partial charge in [0.15, 0.2) is 11.4 Å². The topological polar surface area (TPSA) is 319 Å². The first-order valence-electron chi connectivity index (χ1n) is 11.0. The first-order chi connectivity index (χ1) is 17.7. The van der Waals surface area contributed by atoms with E-state index in [1.165, 1.54) is 9.80 Å². The summed E-state index contributed by atoms with van der Waals surface area (Å²) in [4.78, 5) is 76.0. The molecule has 19 heteroatoms. The molecule has 2 aromatic rings. The number of nitrogens with one attached hydrogen (secondary N) is 2. The van der Waals surface area contributed by atoms with E-state index in [1.54, 1.807) is 28.2 Å². The van der Waals surface area contributed by atoms with Crippen molar-refractivity contribution in [1.29, 1.82) is 0 Å². The molecule has 18 nitrogen and oxygen atoms in total. The van der Waals surface area contributed by atoms with Crippen LogP contribution in [0.1, 0.15) is 80.3 Å². The summed E-state index contributed by atoms with van der Waals surface area (Å²) in [6.07, 6.45) is 4.01. The Kier molecular flexibility index (Phi) is 28.0. The summed E-state index contributed by atoms with van der Waals surface area (Å²) in [6, 6.07) is 0. The van der Waals surface area contributed by atoms with Crippen molar-refractivity contribution in [1.82, 2.24) is 29.7 Å². The largest absolute Gasteiger partial charge is 2.00 e. The third-order valence-electron chi connectivity index (χ3n) is 3.72. The van der Waals surface area contributed by atoms with Gasteiger partial charge in [-0.05, 0) is 12.8 Å². The number of amides is 2. The predicted octanol–water partition coefficient (Wildman–Crippen LogP) is -3.59. The summed E-state index contributed by atoms with van der Waals surface area (Å²) in [5.74, 6) is -5.16. The number of carbonyl (C=O) groups is 6. The Balaban J connectivity index is -0.000000151. The number of aromatic nitrogens is 4. The molecule has 0 aliphatic carbocycles. The minimum atomic E-state index is -1.58. The molecule has 0 saturated carbocycles. The number of imidazole rings is 2. The van der Waals surface area contributed by atoms with Gasteiger partial charge in [0.25, 0.3) is 0 Å². The van der Waals surface area contributed by atoms with Crippen LogP contribution in [-0.4, -0.2) is 105 Å². The van der Waals surface area contributed by atoms with Gasteiger partial charge in [0, 0.05) is 41.0 Å². The molecule has 0 spiro atoms. The fraction of sp³-hybridized carbons (Fsp3) is 0.455. The molecule has 0 aromatic carbocycles. The summed E-state index contributed by atoms with van der Waals surface area (Å²) in [5.41, 5.74) is -1.93. The van der Waals surface area contributed by atoms with Crippen LogP contribution in [0.2, 0.25) is 0 Å². The smallest absolute Gasteiger partial charge is 0.543 e. The molecule has 41 heavy (non-hydrogen) atoms. The summed E-state index contributed by atoms with van der Waals surface area (Å²) in [6.45, 7) is 3.75. The number of aryl methyl sites for hydroxylation is 2. The number of hydrogen-bond donors (Lipinski definition) is 4. The molecule has 1 radical (unpaired) electrons. The third-order valence-corrected chi connectivity index (χ3v) is 3.72. The van der Waals surface area contributed by atoms with Crippen LogP contribution in [0, 0.1) is 0 Å². The zero-order valence-electron chi connectivity index (χ0n) is 23.5. The second-order valence-corrected chi connectivity index (χ2v) is 7.64. The van der Waals surface area contributed by atoms with Gasteiger partial charge in [0.05, 0.1) is 11.9 Å². The van der Waals surface area contributed by atoms with Gasteiger partial charge in [0.1, 0.15) is 23.0 Å². The average Bonchev–Trinajstić information content (AvgIpc) is 3.46. The molecule has 10 N–H and O–H groups in total. The van der Waals surface area contributed by atoms with Gasteiger partial charge >= 0.3 is 29.0 Å². The second-order valence-electron chi connectivity index (χ2n) is 7.64. The first kappa shape index (κ1) is 46.5. The van der Waals surface area contributed by atoms with Crippen molar-refractivity contribution in [2.45, 2.75) is 39.5 Å². The maximum atomic E-state index is 10.6. The van der Waals surface area contributed by atoms with Crippen LogP contribution in [0.5, 0.6) is 0 Å². The quantitative estimate of drug-likeness (QED) is 0.112. The zero-order chi connectivity index (χ0) is 30.0. The van der Waals surface area contributed by atoms with Gasteiger partial charge in [-0.15, -0.1) is 0 Å². The molecule has 233 valence electrons. The van der Waals surface area contributed by atoms with Crippen LogP contribution in [-0.2, 0) is 50.5 Å². The van der Waals surface area contributed by atoms with Gasteiger partial charge in [-0.1, -0.05) is 13.8 Å². The molecule has 0 fully saturated rings. The van der Waals surface area contributed by atoms with Crippen molar-refractivity contribution < 1.29 is 77.2 Å². The number of aromatic amines is 2. The van der Waals surface area contributed by atoms with E-state index in [9.17, 15) is 39.0 Å². The van der Waals surface area contributed by atoms with Gasteiger partial charge in [0.2, 0.25) is 12.8 Å². The molecule has 0 bridgehead atoms. The van der Waals surface area contributed by atoms with Gasteiger partial charge in [-0.2, -0.15) is 0 Å². The molecular formula is C22H38MnN6O12+2. The van der Waals surface area contributed by atoms with E-state index < -0.39 is 46.7 Å².